The van der Waals surface area contributed by atoms with Crippen LogP contribution in [0.25, 0.3) is 0 Å². The van der Waals surface area contributed by atoms with Crippen molar-refractivity contribution < 1.29 is 13.6 Å². The summed E-state index contributed by atoms with van der Waals surface area (Å²) < 4.78 is 26.3. The number of halogens is 3. The van der Waals surface area contributed by atoms with E-state index in [-0.39, 0.29) is 17.1 Å². The smallest absolute Gasteiger partial charge is 0.226 e. The van der Waals surface area contributed by atoms with Gasteiger partial charge in [-0.15, -0.1) is 0 Å². The van der Waals surface area contributed by atoms with E-state index in [1.54, 1.807) is 0 Å². The van der Waals surface area contributed by atoms with Crippen molar-refractivity contribution in [2.24, 2.45) is 5.73 Å². The van der Waals surface area contributed by atoms with Gasteiger partial charge >= 0.3 is 0 Å². The molecule has 3 nitrogen and oxygen atoms in total. The molecule has 0 atom stereocenters. The van der Waals surface area contributed by atoms with Crippen LogP contribution in [0.5, 0.6) is 0 Å². The molecule has 0 saturated heterocycles. The molecule has 1 aliphatic carbocycles. The van der Waals surface area contributed by atoms with Crippen molar-refractivity contribution in [1.29, 1.82) is 0 Å². The second kappa shape index (κ2) is 4.82. The molecule has 2 rings (SSSR count). The van der Waals surface area contributed by atoms with Gasteiger partial charge in [-0.2, -0.15) is 0 Å². The highest BCUT2D eigenvalue weighted by molar-refractivity contribution is 6.33. The third kappa shape index (κ3) is 2.79. The first-order chi connectivity index (χ1) is 8.39. The van der Waals surface area contributed by atoms with Crippen molar-refractivity contribution >= 4 is 23.2 Å². The number of anilines is 1. The monoisotopic (exact) mass is 274 g/mol. The van der Waals surface area contributed by atoms with Crippen LogP contribution in [0, 0.1) is 11.6 Å². The van der Waals surface area contributed by atoms with Crippen molar-refractivity contribution in [3.63, 3.8) is 0 Å². The van der Waals surface area contributed by atoms with Crippen LogP contribution in [-0.2, 0) is 4.79 Å². The molecule has 0 unspecified atom stereocenters. The molecule has 0 bridgehead atoms. The molecule has 0 aliphatic heterocycles. The van der Waals surface area contributed by atoms with Crippen molar-refractivity contribution in [2.45, 2.75) is 31.2 Å². The fraction of sp³-hybridized carbons (Fsp3) is 0.417. The first-order valence-corrected chi connectivity index (χ1v) is 6.01. The van der Waals surface area contributed by atoms with Crippen molar-refractivity contribution in [1.82, 2.24) is 0 Å². The molecule has 0 spiro atoms. The van der Waals surface area contributed by atoms with Gasteiger partial charge in [0.15, 0.2) is 5.82 Å². The van der Waals surface area contributed by atoms with E-state index in [0.717, 1.165) is 25.3 Å². The minimum atomic E-state index is -0.895. The largest absolute Gasteiger partial charge is 0.325 e. The van der Waals surface area contributed by atoms with Crippen molar-refractivity contribution in [3.8, 4) is 0 Å². The summed E-state index contributed by atoms with van der Waals surface area (Å²) in [4.78, 5) is 11.7. The van der Waals surface area contributed by atoms with Gasteiger partial charge in [-0.3, -0.25) is 4.79 Å². The maximum atomic E-state index is 13.4. The predicted octanol–water partition coefficient (Wildman–Crippen LogP) is 2.83. The maximum Gasteiger partial charge on any atom is 0.226 e. The topological polar surface area (TPSA) is 55.1 Å². The number of carbonyl (C=O) groups is 1. The highest BCUT2D eigenvalue weighted by atomic mass is 35.5. The van der Waals surface area contributed by atoms with Crippen LogP contribution in [0.4, 0.5) is 14.5 Å². The molecule has 3 N–H and O–H groups in total. The Balaban J connectivity index is 2.07. The third-order valence-corrected chi connectivity index (χ3v) is 3.43. The van der Waals surface area contributed by atoms with Gasteiger partial charge in [-0.05, 0) is 25.3 Å². The maximum absolute atomic E-state index is 13.4. The number of benzene rings is 1. The Morgan fingerprint density at radius 3 is 2.61 bits per heavy atom. The standard InChI is InChI=1S/C12H13ClF2N2O/c13-8-4-7(14)5-9(15)11(8)17-10(18)6-12(16)2-1-3-12/h4-5H,1-3,6,16H2,(H,17,18). The lowest BCUT2D eigenvalue weighted by Crippen LogP contribution is -2.49. The summed E-state index contributed by atoms with van der Waals surface area (Å²) in [5, 5.41) is 2.17. The summed E-state index contributed by atoms with van der Waals surface area (Å²) in [6.07, 6.45) is 2.66. The lowest BCUT2D eigenvalue weighted by atomic mass is 9.75. The summed E-state index contributed by atoms with van der Waals surface area (Å²) in [6.45, 7) is 0. The SMILES string of the molecule is NC1(CC(=O)Nc2c(F)cc(F)cc2Cl)CCC1. The van der Waals surface area contributed by atoms with Crippen LogP contribution < -0.4 is 11.1 Å². The van der Waals surface area contributed by atoms with Crippen molar-refractivity contribution in [3.05, 3.63) is 28.8 Å². The highest BCUT2D eigenvalue weighted by Crippen LogP contribution is 2.33. The van der Waals surface area contributed by atoms with E-state index in [4.69, 9.17) is 17.3 Å². The zero-order chi connectivity index (χ0) is 13.3. The van der Waals surface area contributed by atoms with Crippen LogP contribution in [-0.4, -0.2) is 11.4 Å². The second-order valence-electron chi connectivity index (χ2n) is 4.69. The molecule has 6 heteroatoms. The number of nitrogens with two attached hydrogens (primary N) is 1. The summed E-state index contributed by atoms with van der Waals surface area (Å²) in [5.74, 6) is -2.09. The quantitative estimate of drug-likeness (QED) is 0.890. The summed E-state index contributed by atoms with van der Waals surface area (Å²) in [7, 11) is 0. The lowest BCUT2D eigenvalue weighted by molar-refractivity contribution is -0.118. The molecule has 1 aromatic rings. The number of rotatable bonds is 3. The van der Waals surface area contributed by atoms with Crippen LogP contribution in [0.1, 0.15) is 25.7 Å². The first-order valence-electron chi connectivity index (χ1n) is 5.63. The molecule has 0 radical (unpaired) electrons. The molecule has 98 valence electrons. The molecule has 0 heterocycles. The minimum absolute atomic E-state index is 0.111. The fourth-order valence-electron chi connectivity index (χ4n) is 1.97. The number of hydrogen-bond donors (Lipinski definition) is 2. The summed E-state index contributed by atoms with van der Waals surface area (Å²) in [6, 6.07) is 1.62. The van der Waals surface area contributed by atoms with Crippen LogP contribution in [0.2, 0.25) is 5.02 Å². The molecule has 1 aliphatic rings. The number of carbonyl (C=O) groups excluding carboxylic acids is 1. The average molecular weight is 275 g/mol. The van der Waals surface area contributed by atoms with E-state index in [1.807, 2.05) is 0 Å². The molecule has 1 fully saturated rings. The van der Waals surface area contributed by atoms with E-state index in [0.29, 0.717) is 6.07 Å². The first kappa shape index (κ1) is 13.2. The molecular formula is C12H13ClF2N2O. The van der Waals surface area contributed by atoms with Crippen LogP contribution >= 0.6 is 11.6 Å². The van der Waals surface area contributed by atoms with E-state index in [9.17, 15) is 13.6 Å². The van der Waals surface area contributed by atoms with Crippen molar-refractivity contribution in [2.75, 3.05) is 5.32 Å². The fourth-order valence-corrected chi connectivity index (χ4v) is 2.21. The van der Waals surface area contributed by atoms with E-state index < -0.39 is 23.1 Å². The molecular weight excluding hydrogens is 262 g/mol. The Morgan fingerprint density at radius 1 is 1.44 bits per heavy atom. The zero-order valence-corrected chi connectivity index (χ0v) is 10.4. The molecule has 0 aromatic heterocycles. The summed E-state index contributed by atoms with van der Waals surface area (Å²) >= 11 is 5.67. The van der Waals surface area contributed by atoms with Gasteiger partial charge in [0.2, 0.25) is 5.91 Å². The van der Waals surface area contributed by atoms with E-state index in [2.05, 4.69) is 5.32 Å². The molecule has 1 amide bonds. The Bertz CT molecular complexity index is 466. The number of amides is 1. The Labute approximate surface area is 108 Å². The van der Waals surface area contributed by atoms with E-state index in [1.165, 1.54) is 0 Å². The molecule has 18 heavy (non-hydrogen) atoms. The second-order valence-corrected chi connectivity index (χ2v) is 5.09. The molecule has 1 aromatic carbocycles. The Hall–Kier alpha value is -1.20. The third-order valence-electron chi connectivity index (χ3n) is 3.13. The number of nitrogens with one attached hydrogen (secondary N) is 1. The van der Waals surface area contributed by atoms with Gasteiger partial charge < -0.3 is 11.1 Å². The van der Waals surface area contributed by atoms with Gasteiger partial charge in [0.1, 0.15) is 5.82 Å². The lowest BCUT2D eigenvalue weighted by Gasteiger charge is -2.37. The van der Waals surface area contributed by atoms with Gasteiger partial charge in [0.05, 0.1) is 10.7 Å². The van der Waals surface area contributed by atoms with E-state index >= 15 is 0 Å². The predicted molar refractivity (Wildman–Crippen MR) is 65.4 cm³/mol. The Morgan fingerprint density at radius 2 is 2.11 bits per heavy atom. The van der Waals surface area contributed by atoms with Crippen LogP contribution in [0.15, 0.2) is 12.1 Å². The molecule has 1 saturated carbocycles. The minimum Gasteiger partial charge on any atom is -0.325 e. The van der Waals surface area contributed by atoms with Gasteiger partial charge in [0, 0.05) is 18.0 Å². The Kier molecular flexibility index (Phi) is 3.54. The zero-order valence-electron chi connectivity index (χ0n) is 9.60. The van der Waals surface area contributed by atoms with Gasteiger partial charge in [-0.1, -0.05) is 11.6 Å². The highest BCUT2D eigenvalue weighted by Gasteiger charge is 2.34. The normalized spacial score (nSPS) is 17.1. The number of hydrogen-bond acceptors (Lipinski definition) is 2. The van der Waals surface area contributed by atoms with Gasteiger partial charge in [0.25, 0.3) is 0 Å². The average Bonchev–Trinajstić information content (AvgIpc) is 2.21. The van der Waals surface area contributed by atoms with Gasteiger partial charge in [-0.25, -0.2) is 8.78 Å². The van der Waals surface area contributed by atoms with Crippen LogP contribution in [0.3, 0.4) is 0 Å². The summed E-state index contributed by atoms with van der Waals surface area (Å²) in [5.41, 5.74) is 5.21.